The van der Waals surface area contributed by atoms with E-state index in [9.17, 15) is 4.39 Å². The highest BCUT2D eigenvalue weighted by atomic mass is 32.2. The number of nitrogen functional groups attached to an aromatic ring is 1. The molecular formula is C12H9FN4S. The molecule has 2 aromatic heterocycles. The molecule has 0 radical (unpaired) electrons. The summed E-state index contributed by atoms with van der Waals surface area (Å²) in [5.41, 5.74) is 6.73. The monoisotopic (exact) mass is 260 g/mol. The molecule has 0 bridgehead atoms. The second kappa shape index (κ2) is 4.30. The SMILES string of the molecule is Nc1cc(F)c(Sc2ncc[nH]2)c2ncccc12. The van der Waals surface area contributed by atoms with Crippen LogP contribution in [0.15, 0.2) is 46.8 Å². The van der Waals surface area contributed by atoms with Crippen molar-refractivity contribution < 1.29 is 4.39 Å². The number of anilines is 1. The van der Waals surface area contributed by atoms with Crippen LogP contribution in [0.25, 0.3) is 10.9 Å². The molecule has 0 fully saturated rings. The summed E-state index contributed by atoms with van der Waals surface area (Å²) in [4.78, 5) is 11.6. The molecule has 0 saturated heterocycles. The van der Waals surface area contributed by atoms with Gasteiger partial charge in [0, 0.05) is 29.7 Å². The van der Waals surface area contributed by atoms with Gasteiger partial charge in [-0.25, -0.2) is 9.37 Å². The van der Waals surface area contributed by atoms with Crippen LogP contribution in [0.2, 0.25) is 0 Å². The first-order valence-electron chi connectivity index (χ1n) is 5.25. The number of nitrogens with zero attached hydrogens (tertiary/aromatic N) is 2. The second-order valence-corrected chi connectivity index (χ2v) is 4.67. The number of aromatic nitrogens is 3. The number of rotatable bonds is 2. The zero-order valence-electron chi connectivity index (χ0n) is 9.22. The third-order valence-corrected chi connectivity index (χ3v) is 3.51. The molecule has 0 atom stereocenters. The molecule has 0 aliphatic rings. The van der Waals surface area contributed by atoms with E-state index in [-0.39, 0.29) is 5.82 Å². The standard InChI is InChI=1S/C12H9FN4S/c13-8-6-9(14)7-2-1-3-15-10(7)11(8)18-12-16-4-5-17-12/h1-6H,14H2,(H,16,17). The molecular weight excluding hydrogens is 251 g/mol. The van der Waals surface area contributed by atoms with Gasteiger partial charge in [-0.3, -0.25) is 4.98 Å². The summed E-state index contributed by atoms with van der Waals surface area (Å²) in [5.74, 6) is -0.389. The fourth-order valence-electron chi connectivity index (χ4n) is 1.71. The minimum atomic E-state index is -0.389. The van der Waals surface area contributed by atoms with Crippen molar-refractivity contribution in [3.8, 4) is 0 Å². The lowest BCUT2D eigenvalue weighted by Gasteiger charge is -2.07. The molecule has 2 heterocycles. The molecule has 1 aromatic carbocycles. The number of nitrogens with two attached hydrogens (primary N) is 1. The fraction of sp³-hybridized carbons (Fsp3) is 0. The predicted octanol–water partition coefficient (Wildman–Crippen LogP) is 2.83. The lowest BCUT2D eigenvalue weighted by atomic mass is 10.2. The van der Waals surface area contributed by atoms with Crippen LogP contribution in [0.1, 0.15) is 0 Å². The molecule has 0 spiro atoms. The molecule has 6 heteroatoms. The van der Waals surface area contributed by atoms with Gasteiger partial charge in [0.1, 0.15) is 5.82 Å². The average molecular weight is 260 g/mol. The van der Waals surface area contributed by atoms with Crippen molar-refractivity contribution in [2.45, 2.75) is 10.1 Å². The van der Waals surface area contributed by atoms with E-state index in [1.165, 1.54) is 17.8 Å². The highest BCUT2D eigenvalue weighted by Gasteiger charge is 2.14. The number of hydrogen-bond acceptors (Lipinski definition) is 4. The summed E-state index contributed by atoms with van der Waals surface area (Å²) in [5, 5.41) is 1.36. The molecule has 90 valence electrons. The maximum atomic E-state index is 14.0. The molecule has 3 rings (SSSR count). The third-order valence-electron chi connectivity index (χ3n) is 2.50. The Morgan fingerprint density at radius 2 is 2.17 bits per heavy atom. The smallest absolute Gasteiger partial charge is 0.170 e. The number of H-pyrrole nitrogens is 1. The first kappa shape index (κ1) is 11.0. The van der Waals surface area contributed by atoms with Gasteiger partial charge in [-0.05, 0) is 30.0 Å². The molecule has 0 amide bonds. The van der Waals surface area contributed by atoms with Gasteiger partial charge in [0.2, 0.25) is 0 Å². The Kier molecular flexibility index (Phi) is 2.64. The van der Waals surface area contributed by atoms with E-state index in [1.54, 1.807) is 24.7 Å². The topological polar surface area (TPSA) is 67.6 Å². The first-order valence-corrected chi connectivity index (χ1v) is 6.07. The maximum Gasteiger partial charge on any atom is 0.170 e. The van der Waals surface area contributed by atoms with E-state index < -0.39 is 0 Å². The minimum absolute atomic E-state index is 0.388. The van der Waals surface area contributed by atoms with Gasteiger partial charge in [0.05, 0.1) is 10.4 Å². The van der Waals surface area contributed by atoms with Crippen molar-refractivity contribution >= 4 is 28.4 Å². The number of nitrogens with one attached hydrogen (secondary N) is 1. The van der Waals surface area contributed by atoms with Gasteiger partial charge in [0.25, 0.3) is 0 Å². The van der Waals surface area contributed by atoms with Crippen LogP contribution in [0, 0.1) is 5.82 Å². The van der Waals surface area contributed by atoms with E-state index in [1.807, 2.05) is 6.07 Å². The van der Waals surface area contributed by atoms with Gasteiger partial charge >= 0.3 is 0 Å². The Hall–Kier alpha value is -2.08. The molecule has 0 unspecified atom stereocenters. The number of fused-ring (bicyclic) bond motifs is 1. The maximum absolute atomic E-state index is 14.0. The van der Waals surface area contributed by atoms with Crippen molar-refractivity contribution in [3.63, 3.8) is 0 Å². The van der Waals surface area contributed by atoms with Crippen LogP contribution in [0.5, 0.6) is 0 Å². The van der Waals surface area contributed by atoms with E-state index in [4.69, 9.17) is 5.73 Å². The van der Waals surface area contributed by atoms with Crippen molar-refractivity contribution in [1.82, 2.24) is 15.0 Å². The lowest BCUT2D eigenvalue weighted by Crippen LogP contribution is -1.94. The molecule has 0 aliphatic heterocycles. The lowest BCUT2D eigenvalue weighted by molar-refractivity contribution is 0.605. The Bertz CT molecular complexity index is 697. The normalized spacial score (nSPS) is 10.9. The summed E-state index contributed by atoms with van der Waals surface area (Å²) in [6.07, 6.45) is 4.92. The van der Waals surface area contributed by atoms with Crippen LogP contribution in [-0.4, -0.2) is 15.0 Å². The van der Waals surface area contributed by atoms with Crippen LogP contribution < -0.4 is 5.73 Å². The van der Waals surface area contributed by atoms with Crippen LogP contribution in [0.4, 0.5) is 10.1 Å². The number of benzene rings is 1. The number of hydrogen-bond donors (Lipinski definition) is 2. The summed E-state index contributed by atoms with van der Waals surface area (Å²) in [7, 11) is 0. The van der Waals surface area contributed by atoms with Crippen LogP contribution in [0.3, 0.4) is 0 Å². The van der Waals surface area contributed by atoms with Crippen molar-refractivity contribution in [1.29, 1.82) is 0 Å². The second-order valence-electron chi connectivity index (χ2n) is 3.67. The Labute approximate surface area is 106 Å². The van der Waals surface area contributed by atoms with Gasteiger partial charge in [-0.2, -0.15) is 0 Å². The average Bonchev–Trinajstić information content (AvgIpc) is 2.87. The van der Waals surface area contributed by atoms with Crippen LogP contribution >= 0.6 is 11.8 Å². The molecule has 4 nitrogen and oxygen atoms in total. The minimum Gasteiger partial charge on any atom is -0.398 e. The van der Waals surface area contributed by atoms with Crippen LogP contribution in [-0.2, 0) is 0 Å². The molecule has 0 saturated carbocycles. The predicted molar refractivity (Wildman–Crippen MR) is 68.8 cm³/mol. The number of halogens is 1. The highest BCUT2D eigenvalue weighted by Crippen LogP contribution is 2.35. The van der Waals surface area contributed by atoms with Crippen molar-refractivity contribution in [2.75, 3.05) is 5.73 Å². The molecule has 3 N–H and O–H groups in total. The van der Waals surface area contributed by atoms with Gasteiger partial charge in [0.15, 0.2) is 5.16 Å². The quantitative estimate of drug-likeness (QED) is 0.695. The largest absolute Gasteiger partial charge is 0.398 e. The summed E-state index contributed by atoms with van der Waals surface area (Å²) >= 11 is 1.20. The zero-order valence-corrected chi connectivity index (χ0v) is 10.0. The van der Waals surface area contributed by atoms with Crippen molar-refractivity contribution in [3.05, 3.63) is 42.6 Å². The zero-order chi connectivity index (χ0) is 12.5. The fourth-order valence-corrected chi connectivity index (χ4v) is 2.56. The van der Waals surface area contributed by atoms with E-state index in [2.05, 4.69) is 15.0 Å². The van der Waals surface area contributed by atoms with Gasteiger partial charge < -0.3 is 10.7 Å². The number of aromatic amines is 1. The van der Waals surface area contributed by atoms with Crippen molar-refractivity contribution in [2.24, 2.45) is 0 Å². The van der Waals surface area contributed by atoms with E-state index in [0.717, 1.165) is 5.39 Å². The molecule has 3 aromatic rings. The van der Waals surface area contributed by atoms with Gasteiger partial charge in [-0.1, -0.05) is 0 Å². The van der Waals surface area contributed by atoms with E-state index in [0.29, 0.717) is 21.3 Å². The third kappa shape index (κ3) is 1.80. The number of pyridine rings is 1. The first-order chi connectivity index (χ1) is 8.75. The number of imidazole rings is 1. The highest BCUT2D eigenvalue weighted by molar-refractivity contribution is 7.99. The van der Waals surface area contributed by atoms with Gasteiger partial charge in [-0.15, -0.1) is 0 Å². The Morgan fingerprint density at radius 1 is 1.28 bits per heavy atom. The summed E-state index contributed by atoms with van der Waals surface area (Å²) in [6.45, 7) is 0. The van der Waals surface area contributed by atoms with E-state index >= 15 is 0 Å². The summed E-state index contributed by atoms with van der Waals surface area (Å²) in [6, 6.07) is 4.91. The Balaban J connectivity index is 2.21. The Morgan fingerprint density at radius 3 is 2.94 bits per heavy atom. The molecule has 0 aliphatic carbocycles. The summed E-state index contributed by atoms with van der Waals surface area (Å²) < 4.78 is 14.0. The molecule has 18 heavy (non-hydrogen) atoms.